The lowest BCUT2D eigenvalue weighted by Gasteiger charge is -2.28. The zero-order valence-corrected chi connectivity index (χ0v) is 17.1. The van der Waals surface area contributed by atoms with Gasteiger partial charge in [-0.2, -0.15) is 0 Å². The summed E-state index contributed by atoms with van der Waals surface area (Å²) in [5.41, 5.74) is 3.79. The van der Waals surface area contributed by atoms with Crippen molar-refractivity contribution in [2.24, 2.45) is 0 Å². The van der Waals surface area contributed by atoms with Crippen LogP contribution in [0.5, 0.6) is 0 Å². The maximum absolute atomic E-state index is 11.9. The minimum atomic E-state index is -3.32. The molecule has 2 aromatic rings. The molecule has 0 spiro atoms. The lowest BCUT2D eigenvalue weighted by molar-refractivity contribution is -0.119. The Labute approximate surface area is 167 Å². The van der Waals surface area contributed by atoms with Gasteiger partial charge in [0, 0.05) is 49.5 Å². The fourth-order valence-corrected chi connectivity index (χ4v) is 3.68. The second-order valence-electron chi connectivity index (χ2n) is 7.32. The number of carbonyl (C=O) groups excluding carboxylic acids is 1. The number of benzene rings is 2. The molecule has 0 unspecified atom stereocenters. The molecule has 1 fully saturated rings. The monoisotopic (exact) mass is 401 g/mol. The van der Waals surface area contributed by atoms with Crippen molar-refractivity contribution >= 4 is 32.9 Å². The van der Waals surface area contributed by atoms with Gasteiger partial charge in [0.25, 0.3) is 0 Å². The molecule has 0 atom stereocenters. The van der Waals surface area contributed by atoms with E-state index >= 15 is 0 Å². The maximum Gasteiger partial charge on any atom is 0.235 e. The predicted molar refractivity (Wildman–Crippen MR) is 114 cm³/mol. The molecule has 150 valence electrons. The molecule has 1 heterocycles. The lowest BCUT2D eigenvalue weighted by atomic mass is 10.1. The molecule has 2 aromatic carbocycles. The Kier molecular flexibility index (Phi) is 6.24. The van der Waals surface area contributed by atoms with Crippen molar-refractivity contribution in [1.82, 2.24) is 0 Å². The fourth-order valence-electron chi connectivity index (χ4n) is 2.98. The summed E-state index contributed by atoms with van der Waals surface area (Å²) in [6.45, 7) is 5.53. The summed E-state index contributed by atoms with van der Waals surface area (Å²) < 4.78 is 26.4. The average molecular weight is 402 g/mol. The number of hydrogen-bond acceptors (Lipinski definition) is 5. The molecule has 1 aliphatic rings. The molecule has 0 saturated carbocycles. The molecule has 0 bridgehead atoms. The first kappa shape index (κ1) is 20.2. The van der Waals surface area contributed by atoms with E-state index < -0.39 is 15.3 Å². The number of ketones is 1. The smallest absolute Gasteiger partial charge is 0.235 e. The van der Waals surface area contributed by atoms with Gasteiger partial charge in [0.1, 0.15) is 5.78 Å². The molecule has 3 rings (SSSR count). The van der Waals surface area contributed by atoms with Crippen LogP contribution in [0.3, 0.4) is 0 Å². The Morgan fingerprint density at radius 1 is 0.929 bits per heavy atom. The molecular formula is C21H27N3O3S. The first-order chi connectivity index (χ1) is 13.3. The molecule has 1 aliphatic heterocycles. The summed E-state index contributed by atoms with van der Waals surface area (Å²) in [4.78, 5) is 13.6. The van der Waals surface area contributed by atoms with Gasteiger partial charge in [-0.25, -0.2) is 8.42 Å². The second-order valence-corrected chi connectivity index (χ2v) is 9.56. The van der Waals surface area contributed by atoms with Crippen molar-refractivity contribution in [1.29, 1.82) is 0 Å². The number of Topliss-reactive ketones (excluding diaryl/α,β-unsaturated/α-hetero) is 1. The first-order valence-electron chi connectivity index (χ1n) is 9.54. The summed E-state index contributed by atoms with van der Waals surface area (Å²) in [6.07, 6.45) is 1.26. The number of piperidine rings is 1. The summed E-state index contributed by atoms with van der Waals surface area (Å²) in [6, 6.07) is 15.6. The highest BCUT2D eigenvalue weighted by atomic mass is 32.2. The van der Waals surface area contributed by atoms with E-state index in [0.29, 0.717) is 30.9 Å². The third-order valence-corrected chi connectivity index (χ3v) is 6.65. The molecule has 0 radical (unpaired) electrons. The highest BCUT2D eigenvalue weighted by molar-refractivity contribution is 7.93. The fraction of sp³-hybridized carbons (Fsp3) is 0.381. The van der Waals surface area contributed by atoms with Gasteiger partial charge >= 0.3 is 0 Å². The Morgan fingerprint density at radius 3 is 2.07 bits per heavy atom. The zero-order valence-electron chi connectivity index (χ0n) is 16.3. The molecule has 28 heavy (non-hydrogen) atoms. The highest BCUT2D eigenvalue weighted by Crippen LogP contribution is 2.21. The van der Waals surface area contributed by atoms with Crippen molar-refractivity contribution < 1.29 is 13.2 Å². The van der Waals surface area contributed by atoms with Crippen LogP contribution in [0.2, 0.25) is 0 Å². The average Bonchev–Trinajstić information content (AvgIpc) is 2.68. The maximum atomic E-state index is 11.9. The van der Waals surface area contributed by atoms with Crippen LogP contribution >= 0.6 is 0 Å². The van der Waals surface area contributed by atoms with E-state index in [1.165, 1.54) is 0 Å². The van der Waals surface area contributed by atoms with Crippen molar-refractivity contribution in [2.75, 3.05) is 28.0 Å². The molecule has 0 amide bonds. The highest BCUT2D eigenvalue weighted by Gasteiger charge is 2.16. The Bertz CT molecular complexity index is 897. The topological polar surface area (TPSA) is 78.5 Å². The largest absolute Gasteiger partial charge is 0.381 e. The molecule has 6 nitrogen and oxygen atoms in total. The van der Waals surface area contributed by atoms with Gasteiger partial charge in [0.05, 0.1) is 5.25 Å². The summed E-state index contributed by atoms with van der Waals surface area (Å²) in [7, 11) is -3.32. The van der Waals surface area contributed by atoms with Crippen molar-refractivity contribution in [3.8, 4) is 0 Å². The number of sulfonamides is 1. The summed E-state index contributed by atoms with van der Waals surface area (Å²) >= 11 is 0. The van der Waals surface area contributed by atoms with Gasteiger partial charge in [0.15, 0.2) is 0 Å². The van der Waals surface area contributed by atoms with Crippen LogP contribution in [-0.2, 0) is 21.4 Å². The van der Waals surface area contributed by atoms with Crippen LogP contribution in [0.15, 0.2) is 48.5 Å². The van der Waals surface area contributed by atoms with Crippen LogP contribution < -0.4 is 14.9 Å². The Balaban J connectivity index is 1.53. The molecule has 0 aliphatic carbocycles. The second kappa shape index (κ2) is 8.65. The number of anilines is 3. The standard InChI is InChI=1S/C21H27N3O3S/c1-16(2)28(26,27)23-19-5-3-17(4-6-19)15-22-18-7-9-20(10-8-18)24-13-11-21(25)12-14-24/h3-10,16,22-23H,11-15H2,1-2H3. The van der Waals surface area contributed by atoms with Gasteiger partial charge in [-0.15, -0.1) is 0 Å². The van der Waals surface area contributed by atoms with Crippen LogP contribution in [0.1, 0.15) is 32.3 Å². The number of nitrogens with one attached hydrogen (secondary N) is 2. The van der Waals surface area contributed by atoms with E-state index in [2.05, 4.69) is 27.1 Å². The summed E-state index contributed by atoms with van der Waals surface area (Å²) in [5, 5.41) is 2.90. The van der Waals surface area contributed by atoms with E-state index in [-0.39, 0.29) is 0 Å². The van der Waals surface area contributed by atoms with Gasteiger partial charge < -0.3 is 10.2 Å². The van der Waals surface area contributed by atoms with Gasteiger partial charge in [-0.05, 0) is 55.8 Å². The van der Waals surface area contributed by atoms with Gasteiger partial charge in [0.2, 0.25) is 10.0 Å². The molecular weight excluding hydrogens is 374 g/mol. The minimum Gasteiger partial charge on any atom is -0.381 e. The van der Waals surface area contributed by atoms with Crippen molar-refractivity contribution in [3.63, 3.8) is 0 Å². The van der Waals surface area contributed by atoms with Crippen molar-refractivity contribution in [2.45, 2.75) is 38.5 Å². The number of hydrogen-bond donors (Lipinski definition) is 2. The number of carbonyl (C=O) groups is 1. The molecule has 0 aromatic heterocycles. The van der Waals surface area contributed by atoms with Crippen LogP contribution in [0.25, 0.3) is 0 Å². The normalized spacial score (nSPS) is 15.0. The molecule has 1 saturated heterocycles. The molecule has 7 heteroatoms. The SMILES string of the molecule is CC(C)S(=O)(=O)Nc1ccc(CNc2ccc(N3CCC(=O)CC3)cc2)cc1. The zero-order chi connectivity index (χ0) is 20.1. The van der Waals surface area contributed by atoms with Gasteiger partial charge in [-0.1, -0.05) is 12.1 Å². The minimum absolute atomic E-state index is 0.345. The quantitative estimate of drug-likeness (QED) is 0.741. The van der Waals surface area contributed by atoms with E-state index in [4.69, 9.17) is 0 Å². The van der Waals surface area contributed by atoms with E-state index in [9.17, 15) is 13.2 Å². The summed E-state index contributed by atoms with van der Waals surface area (Å²) in [5.74, 6) is 0.345. The number of nitrogens with zero attached hydrogens (tertiary/aromatic N) is 1. The third-order valence-electron chi connectivity index (χ3n) is 4.88. The van der Waals surface area contributed by atoms with E-state index in [0.717, 1.165) is 30.0 Å². The lowest BCUT2D eigenvalue weighted by Crippen LogP contribution is -2.33. The Hall–Kier alpha value is -2.54. The van der Waals surface area contributed by atoms with E-state index in [1.54, 1.807) is 26.0 Å². The van der Waals surface area contributed by atoms with Crippen LogP contribution in [0.4, 0.5) is 17.1 Å². The third kappa shape index (κ3) is 5.25. The Morgan fingerprint density at radius 2 is 1.50 bits per heavy atom. The van der Waals surface area contributed by atoms with Gasteiger partial charge in [-0.3, -0.25) is 9.52 Å². The van der Waals surface area contributed by atoms with Crippen molar-refractivity contribution in [3.05, 3.63) is 54.1 Å². The molecule has 2 N–H and O–H groups in total. The van der Waals surface area contributed by atoms with Crippen LogP contribution in [-0.4, -0.2) is 32.5 Å². The first-order valence-corrected chi connectivity index (χ1v) is 11.1. The number of rotatable bonds is 7. The van der Waals surface area contributed by atoms with E-state index in [1.807, 2.05) is 24.3 Å². The predicted octanol–water partition coefficient (Wildman–Crippen LogP) is 3.62. The van der Waals surface area contributed by atoms with Crippen LogP contribution in [0, 0.1) is 0 Å².